The number of alkyl halides is 1. The summed E-state index contributed by atoms with van der Waals surface area (Å²) in [5.74, 6) is 1.10. The lowest BCUT2D eigenvalue weighted by Crippen LogP contribution is -2.18. The Bertz CT molecular complexity index is 632. The maximum Gasteiger partial charge on any atom is 0.226 e. The second-order valence-corrected chi connectivity index (χ2v) is 5.48. The van der Waals surface area contributed by atoms with E-state index in [4.69, 9.17) is 16.3 Å². The van der Waals surface area contributed by atoms with Crippen molar-refractivity contribution in [2.45, 2.75) is 24.8 Å². The lowest BCUT2D eigenvalue weighted by Gasteiger charge is -2.18. The van der Waals surface area contributed by atoms with Gasteiger partial charge in [-0.3, -0.25) is 0 Å². The van der Waals surface area contributed by atoms with E-state index in [2.05, 4.69) is 27.4 Å². The van der Waals surface area contributed by atoms with Gasteiger partial charge in [-0.1, -0.05) is 24.3 Å². The number of methoxy groups -OCH3 is 1. The number of hydrogen-bond acceptors (Lipinski definition) is 4. The predicted octanol–water partition coefficient (Wildman–Crippen LogP) is 3.11. The Kier molecular flexibility index (Phi) is 3.49. The first kappa shape index (κ1) is 13.2. The van der Waals surface area contributed by atoms with Gasteiger partial charge in [0, 0.05) is 11.8 Å². The molecular formula is C15H16ClN3O. The van der Waals surface area contributed by atoms with Crippen molar-refractivity contribution in [3.8, 4) is 5.88 Å². The lowest BCUT2D eigenvalue weighted by atomic mass is 10.1. The molecule has 104 valence electrons. The highest BCUT2D eigenvalue weighted by Crippen LogP contribution is 2.36. The van der Waals surface area contributed by atoms with E-state index in [1.165, 1.54) is 11.1 Å². The first-order valence-electron chi connectivity index (χ1n) is 6.55. The van der Waals surface area contributed by atoms with E-state index in [-0.39, 0.29) is 11.4 Å². The second kappa shape index (κ2) is 5.29. The van der Waals surface area contributed by atoms with Crippen molar-refractivity contribution in [2.24, 2.45) is 0 Å². The first-order chi connectivity index (χ1) is 9.67. The average Bonchev–Trinajstić information content (AvgIpc) is 2.75. The number of benzene rings is 1. The Labute approximate surface area is 123 Å². The van der Waals surface area contributed by atoms with Crippen molar-refractivity contribution in [1.29, 1.82) is 0 Å². The van der Waals surface area contributed by atoms with Crippen LogP contribution >= 0.6 is 11.6 Å². The zero-order valence-electron chi connectivity index (χ0n) is 11.4. The number of fused-ring (bicyclic) bond motifs is 1. The third-order valence-electron chi connectivity index (χ3n) is 3.49. The predicted molar refractivity (Wildman–Crippen MR) is 79.5 cm³/mol. The first-order valence-corrected chi connectivity index (χ1v) is 6.99. The monoisotopic (exact) mass is 289 g/mol. The van der Waals surface area contributed by atoms with Crippen LogP contribution in [0.25, 0.3) is 0 Å². The minimum atomic E-state index is 0.00232. The second-order valence-electron chi connectivity index (χ2n) is 4.92. The minimum Gasteiger partial charge on any atom is -0.481 e. The molecule has 1 aromatic carbocycles. The molecule has 0 amide bonds. The molecule has 5 heteroatoms. The van der Waals surface area contributed by atoms with Gasteiger partial charge in [-0.2, -0.15) is 4.98 Å². The van der Waals surface area contributed by atoms with Crippen LogP contribution in [0.2, 0.25) is 0 Å². The molecule has 0 fully saturated rings. The number of aromatic nitrogens is 2. The largest absolute Gasteiger partial charge is 0.481 e. The molecule has 2 aromatic rings. The van der Waals surface area contributed by atoms with Crippen molar-refractivity contribution >= 4 is 17.5 Å². The Hall–Kier alpha value is -1.81. The number of halogens is 1. The molecule has 0 aliphatic heterocycles. The summed E-state index contributed by atoms with van der Waals surface area (Å²) >= 11 is 6.46. The third-order valence-corrected chi connectivity index (χ3v) is 3.90. The van der Waals surface area contributed by atoms with Crippen LogP contribution in [-0.2, 0) is 6.42 Å². The molecule has 0 spiro atoms. The fraction of sp³-hybridized carbons (Fsp3) is 0.333. The molecule has 1 N–H and O–H groups in total. The molecule has 0 saturated carbocycles. The van der Waals surface area contributed by atoms with Crippen LogP contribution in [0.3, 0.4) is 0 Å². The van der Waals surface area contributed by atoms with Gasteiger partial charge in [0.05, 0.1) is 18.5 Å². The third kappa shape index (κ3) is 2.43. The van der Waals surface area contributed by atoms with Gasteiger partial charge in [0.2, 0.25) is 11.8 Å². The Balaban J connectivity index is 1.90. The van der Waals surface area contributed by atoms with Gasteiger partial charge in [0.1, 0.15) is 0 Å². The molecule has 3 rings (SSSR count). The highest BCUT2D eigenvalue weighted by Gasteiger charge is 2.31. The normalized spacial score (nSPS) is 20.6. The van der Waals surface area contributed by atoms with Crippen LogP contribution in [0.15, 0.2) is 30.3 Å². The summed E-state index contributed by atoms with van der Waals surface area (Å²) in [6, 6.07) is 10.1. The molecule has 0 radical (unpaired) electrons. The highest BCUT2D eigenvalue weighted by atomic mass is 35.5. The maximum absolute atomic E-state index is 6.46. The molecule has 1 aliphatic rings. The Morgan fingerprint density at radius 3 is 2.90 bits per heavy atom. The number of aryl methyl sites for hydroxylation is 1. The maximum atomic E-state index is 6.46. The molecule has 0 saturated heterocycles. The van der Waals surface area contributed by atoms with Gasteiger partial charge in [0.25, 0.3) is 0 Å². The van der Waals surface area contributed by atoms with Crippen molar-refractivity contribution < 1.29 is 4.74 Å². The van der Waals surface area contributed by atoms with Gasteiger partial charge >= 0.3 is 0 Å². The molecular weight excluding hydrogens is 274 g/mol. The van der Waals surface area contributed by atoms with Gasteiger partial charge in [-0.05, 0) is 24.5 Å². The van der Waals surface area contributed by atoms with Gasteiger partial charge in [0.15, 0.2) is 0 Å². The zero-order chi connectivity index (χ0) is 14.1. The van der Waals surface area contributed by atoms with E-state index < -0.39 is 0 Å². The quantitative estimate of drug-likeness (QED) is 0.882. The van der Waals surface area contributed by atoms with Crippen molar-refractivity contribution in [3.05, 3.63) is 47.2 Å². The molecule has 1 aliphatic carbocycles. The smallest absolute Gasteiger partial charge is 0.226 e. The number of ether oxygens (including phenoxy) is 1. The molecule has 2 atom stereocenters. The Morgan fingerprint density at radius 1 is 1.30 bits per heavy atom. The Morgan fingerprint density at radius 2 is 2.10 bits per heavy atom. The van der Waals surface area contributed by atoms with Gasteiger partial charge in [-0.15, -0.1) is 11.6 Å². The average molecular weight is 290 g/mol. The molecule has 4 nitrogen and oxygen atoms in total. The summed E-state index contributed by atoms with van der Waals surface area (Å²) in [6.45, 7) is 1.91. The lowest BCUT2D eigenvalue weighted by molar-refractivity contribution is 0.397. The number of anilines is 1. The number of hydrogen-bond donors (Lipinski definition) is 1. The summed E-state index contributed by atoms with van der Waals surface area (Å²) in [5.41, 5.74) is 3.36. The van der Waals surface area contributed by atoms with E-state index >= 15 is 0 Å². The summed E-state index contributed by atoms with van der Waals surface area (Å²) in [6.07, 6.45) is 0.859. The van der Waals surface area contributed by atoms with E-state index in [1.807, 2.05) is 19.1 Å². The van der Waals surface area contributed by atoms with E-state index in [0.29, 0.717) is 11.8 Å². The van der Waals surface area contributed by atoms with Crippen LogP contribution in [0.5, 0.6) is 5.88 Å². The standard InChI is InChI=1S/C15H16ClN3O/c1-9-7-13(20-2)18-15(17-9)19-14-11-6-4-3-5-10(11)8-12(14)16/h3-7,12,14H,8H2,1-2H3,(H,17,18,19). The molecule has 20 heavy (non-hydrogen) atoms. The van der Waals surface area contributed by atoms with Crippen LogP contribution in [0.4, 0.5) is 5.95 Å². The van der Waals surface area contributed by atoms with Gasteiger partial charge in [-0.25, -0.2) is 4.98 Å². The van der Waals surface area contributed by atoms with E-state index in [9.17, 15) is 0 Å². The van der Waals surface area contributed by atoms with Crippen LogP contribution < -0.4 is 10.1 Å². The summed E-state index contributed by atoms with van der Waals surface area (Å²) in [4.78, 5) is 8.71. The topological polar surface area (TPSA) is 47.0 Å². The van der Waals surface area contributed by atoms with Crippen LogP contribution in [0, 0.1) is 6.92 Å². The molecule has 0 bridgehead atoms. The SMILES string of the molecule is COc1cc(C)nc(NC2c3ccccc3CC2Cl)n1. The highest BCUT2D eigenvalue weighted by molar-refractivity contribution is 6.21. The summed E-state index contributed by atoms with van der Waals surface area (Å²) < 4.78 is 5.17. The number of nitrogens with one attached hydrogen (secondary N) is 1. The molecule has 1 heterocycles. The van der Waals surface area contributed by atoms with Crippen LogP contribution in [0.1, 0.15) is 22.9 Å². The van der Waals surface area contributed by atoms with Crippen molar-refractivity contribution in [1.82, 2.24) is 9.97 Å². The summed E-state index contributed by atoms with van der Waals surface area (Å²) in [7, 11) is 1.60. The fourth-order valence-corrected chi connectivity index (χ4v) is 2.93. The van der Waals surface area contributed by atoms with E-state index in [0.717, 1.165) is 12.1 Å². The molecule has 1 aromatic heterocycles. The van der Waals surface area contributed by atoms with Crippen LogP contribution in [-0.4, -0.2) is 22.5 Å². The van der Waals surface area contributed by atoms with Gasteiger partial charge < -0.3 is 10.1 Å². The zero-order valence-corrected chi connectivity index (χ0v) is 12.2. The molecule has 2 unspecified atom stereocenters. The van der Waals surface area contributed by atoms with Crippen molar-refractivity contribution in [2.75, 3.05) is 12.4 Å². The number of nitrogens with zero attached hydrogens (tertiary/aromatic N) is 2. The van der Waals surface area contributed by atoms with E-state index in [1.54, 1.807) is 13.2 Å². The summed E-state index contributed by atoms with van der Waals surface area (Å²) in [5, 5.41) is 3.33. The van der Waals surface area contributed by atoms with Crippen molar-refractivity contribution in [3.63, 3.8) is 0 Å². The fourth-order valence-electron chi connectivity index (χ4n) is 2.56. The minimum absolute atomic E-state index is 0.00232. The number of rotatable bonds is 3.